The van der Waals surface area contributed by atoms with E-state index in [0.29, 0.717) is 16.3 Å². The highest BCUT2D eigenvalue weighted by atomic mass is 35.5. The third-order valence-corrected chi connectivity index (χ3v) is 7.72. The van der Waals surface area contributed by atoms with Crippen LogP contribution >= 0.6 is 11.6 Å². The summed E-state index contributed by atoms with van der Waals surface area (Å²) in [4.78, 5) is 1.29. The molecule has 0 aromatic heterocycles. The van der Waals surface area contributed by atoms with Gasteiger partial charge in [-0.05, 0) is 24.6 Å². The second kappa shape index (κ2) is 10.7. The van der Waals surface area contributed by atoms with Gasteiger partial charge in [-0.25, -0.2) is 25.2 Å². The van der Waals surface area contributed by atoms with E-state index in [1.807, 2.05) is 0 Å². The number of benzene rings is 1. The van der Waals surface area contributed by atoms with Gasteiger partial charge in [0.2, 0.25) is 0 Å². The van der Waals surface area contributed by atoms with Gasteiger partial charge in [0.1, 0.15) is 0 Å². The zero-order chi connectivity index (χ0) is 24.1. The fraction of sp³-hybridized carbons (Fsp3) is 0.538. The fourth-order valence-electron chi connectivity index (χ4n) is 2.03. The quantitative estimate of drug-likeness (QED) is 0.310. The van der Waals surface area contributed by atoms with Crippen LogP contribution in [0.5, 0.6) is 0 Å². The molecule has 0 radical (unpaired) electrons. The smallest absolute Gasteiger partial charge is 0.369 e. The van der Waals surface area contributed by atoms with E-state index in [1.54, 1.807) is 13.0 Å². The normalized spacial score (nSPS) is 13.3. The van der Waals surface area contributed by atoms with Crippen LogP contribution in [-0.4, -0.2) is 79.2 Å². The van der Waals surface area contributed by atoms with Gasteiger partial charge in [0.25, 0.3) is 0 Å². The number of anilines is 1. The second-order valence-corrected chi connectivity index (χ2v) is 13.0. The first-order valence-electron chi connectivity index (χ1n) is 8.05. The molecule has 0 aliphatic rings. The maximum Gasteiger partial charge on any atom is 0.398 e. The summed E-state index contributed by atoms with van der Waals surface area (Å²) in [7, 11) is -18.2. The summed E-state index contributed by atoms with van der Waals surface area (Å²) in [5.41, 5.74) is 1.01. The number of nitrogens with zero attached hydrogens (tertiary/aromatic N) is 1. The molecule has 18 heteroatoms. The molecule has 0 unspecified atom stereocenters. The molecule has 1 aromatic rings. The molecule has 1 aromatic carbocycles. The highest BCUT2D eigenvalue weighted by molar-refractivity contribution is 7.92. The Morgan fingerprint density at radius 2 is 1.26 bits per heavy atom. The first-order valence-corrected chi connectivity index (χ1v) is 14.8. The number of halogens is 1. The molecule has 0 fully saturated rings. The first-order chi connectivity index (χ1) is 13.9. The van der Waals surface area contributed by atoms with E-state index in [2.05, 4.69) is 8.37 Å². The molecule has 0 saturated heterocycles. The number of hydrogen-bond donors (Lipinski definition) is 2. The Hall–Kier alpha value is -1.05. The fourth-order valence-corrected chi connectivity index (χ4v) is 5.59. The molecular weight excluding hydrogens is 526 g/mol. The molecule has 13 nitrogen and oxygen atoms in total. The van der Waals surface area contributed by atoms with Crippen LogP contribution in [0.3, 0.4) is 0 Å². The van der Waals surface area contributed by atoms with Crippen molar-refractivity contribution in [2.24, 2.45) is 0 Å². The number of sulfone groups is 2. The molecule has 0 bridgehead atoms. The zero-order valence-electron chi connectivity index (χ0n) is 15.9. The molecule has 1 rings (SSSR count). The molecule has 31 heavy (non-hydrogen) atoms. The van der Waals surface area contributed by atoms with Crippen molar-refractivity contribution in [1.29, 1.82) is 0 Å². The average Bonchev–Trinajstić information content (AvgIpc) is 2.60. The van der Waals surface area contributed by atoms with Crippen molar-refractivity contribution in [2.75, 3.05) is 41.4 Å². The Morgan fingerprint density at radius 1 is 0.839 bits per heavy atom. The van der Waals surface area contributed by atoms with E-state index in [1.165, 1.54) is 17.0 Å². The molecule has 0 amide bonds. The van der Waals surface area contributed by atoms with Gasteiger partial charge in [-0.2, -0.15) is 16.8 Å². The van der Waals surface area contributed by atoms with E-state index < -0.39 is 63.9 Å². The lowest BCUT2D eigenvalue weighted by atomic mass is 10.2. The van der Waals surface area contributed by atoms with Crippen molar-refractivity contribution in [1.82, 2.24) is 0 Å². The Labute approximate surface area is 185 Å². The predicted molar refractivity (Wildman–Crippen MR) is 111 cm³/mol. The number of rotatable bonds is 13. The van der Waals surface area contributed by atoms with Crippen molar-refractivity contribution >= 4 is 57.8 Å². The number of aryl methyl sites for hydroxylation is 1. The van der Waals surface area contributed by atoms with E-state index in [9.17, 15) is 33.7 Å². The van der Waals surface area contributed by atoms with E-state index in [4.69, 9.17) is 20.7 Å². The summed E-state index contributed by atoms with van der Waals surface area (Å²) < 4.78 is 115. The van der Waals surface area contributed by atoms with Crippen LogP contribution in [0.4, 0.5) is 5.69 Å². The van der Waals surface area contributed by atoms with Gasteiger partial charge >= 0.3 is 20.8 Å². The minimum atomic E-state index is -4.98. The van der Waals surface area contributed by atoms with Crippen LogP contribution in [0.1, 0.15) is 5.56 Å². The number of hydrogen-bond acceptors (Lipinski definition) is 11. The van der Waals surface area contributed by atoms with Crippen LogP contribution in [0, 0.1) is 6.92 Å². The maximum atomic E-state index is 12.0. The van der Waals surface area contributed by atoms with Gasteiger partial charge < -0.3 is 4.90 Å². The summed E-state index contributed by atoms with van der Waals surface area (Å²) in [6.45, 7) is 1.04. The standard InChI is InChI=1S/C13H20ClNO12S4/c1-11-2-3-12(8-13(11)14)15(4-6-28(16,17)9-26-30(20,21)22)5-7-29(18,19)10-27-31(23,24)25/h2-3,8H,4-7,9-10H2,1H3,(H,20,21,22)(H,23,24,25). The van der Waals surface area contributed by atoms with Gasteiger partial charge in [-0.15, -0.1) is 0 Å². The maximum absolute atomic E-state index is 12.0. The lowest BCUT2D eigenvalue weighted by Crippen LogP contribution is -2.35. The lowest BCUT2D eigenvalue weighted by molar-refractivity contribution is 0.305. The Balaban J connectivity index is 2.98. The Kier molecular flexibility index (Phi) is 9.67. The van der Waals surface area contributed by atoms with Crippen molar-refractivity contribution in [2.45, 2.75) is 6.92 Å². The van der Waals surface area contributed by atoms with E-state index >= 15 is 0 Å². The molecule has 0 atom stereocenters. The van der Waals surface area contributed by atoms with Crippen LogP contribution in [0.15, 0.2) is 18.2 Å². The van der Waals surface area contributed by atoms with Crippen molar-refractivity contribution in [3.05, 3.63) is 28.8 Å². The predicted octanol–water partition coefficient (Wildman–Crippen LogP) is -0.162. The average molecular weight is 546 g/mol. The second-order valence-electron chi connectivity index (χ2n) is 6.14. The van der Waals surface area contributed by atoms with Gasteiger partial charge in [-0.1, -0.05) is 17.7 Å². The van der Waals surface area contributed by atoms with Crippen molar-refractivity contribution in [3.63, 3.8) is 0 Å². The van der Waals surface area contributed by atoms with Crippen LogP contribution in [0.25, 0.3) is 0 Å². The van der Waals surface area contributed by atoms with Crippen molar-refractivity contribution in [3.8, 4) is 0 Å². The highest BCUT2D eigenvalue weighted by Gasteiger charge is 2.21. The Morgan fingerprint density at radius 3 is 1.61 bits per heavy atom. The molecular formula is C13H20ClNO12S4. The van der Waals surface area contributed by atoms with Crippen LogP contribution in [-0.2, 0) is 48.8 Å². The minimum absolute atomic E-state index is 0.303. The third-order valence-electron chi connectivity index (χ3n) is 3.62. The Bertz CT molecular complexity index is 1120. The van der Waals surface area contributed by atoms with E-state index in [0.717, 1.165) is 0 Å². The summed E-state index contributed by atoms with van der Waals surface area (Å²) >= 11 is 6.05. The molecule has 2 N–H and O–H groups in total. The molecule has 0 spiro atoms. The van der Waals surface area contributed by atoms with E-state index in [-0.39, 0.29) is 13.1 Å². The molecule has 0 aliphatic heterocycles. The monoisotopic (exact) mass is 545 g/mol. The zero-order valence-corrected chi connectivity index (χ0v) is 19.9. The minimum Gasteiger partial charge on any atom is -0.369 e. The third kappa shape index (κ3) is 11.9. The summed E-state index contributed by atoms with van der Waals surface area (Å²) in [6, 6.07) is 4.57. The van der Waals surface area contributed by atoms with Crippen LogP contribution in [0.2, 0.25) is 5.02 Å². The molecule has 0 aliphatic carbocycles. The molecule has 180 valence electrons. The SMILES string of the molecule is Cc1ccc(N(CCS(=O)(=O)COS(=O)(=O)O)CCS(=O)(=O)COS(=O)(=O)O)cc1Cl. The largest absolute Gasteiger partial charge is 0.398 e. The summed E-state index contributed by atoms with van der Waals surface area (Å²) in [6.07, 6.45) is 0. The lowest BCUT2D eigenvalue weighted by Gasteiger charge is -2.25. The topological polar surface area (TPSA) is 199 Å². The van der Waals surface area contributed by atoms with Gasteiger partial charge in [0.05, 0.1) is 11.5 Å². The van der Waals surface area contributed by atoms with Gasteiger partial charge in [0.15, 0.2) is 31.6 Å². The molecule has 0 saturated carbocycles. The highest BCUT2D eigenvalue weighted by Crippen LogP contribution is 2.23. The van der Waals surface area contributed by atoms with Crippen LogP contribution < -0.4 is 4.90 Å². The summed E-state index contributed by atoms with van der Waals surface area (Å²) in [5, 5.41) is 0.303. The van der Waals surface area contributed by atoms with Crippen molar-refractivity contribution < 1.29 is 51.1 Å². The van der Waals surface area contributed by atoms with Gasteiger partial charge in [0, 0.05) is 23.8 Å². The summed E-state index contributed by atoms with van der Waals surface area (Å²) in [5.74, 6) is -4.02. The first kappa shape index (κ1) is 28.0. The molecule has 0 heterocycles. The van der Waals surface area contributed by atoms with Gasteiger partial charge in [-0.3, -0.25) is 9.11 Å².